The van der Waals surface area contributed by atoms with Crippen LogP contribution in [0.1, 0.15) is 11.1 Å². The molecule has 5 rings (SSSR count). The molecule has 1 N–H and O–H groups in total. The van der Waals surface area contributed by atoms with Crippen LogP contribution >= 0.6 is 11.6 Å². The first-order valence-corrected chi connectivity index (χ1v) is 12.5. The van der Waals surface area contributed by atoms with Gasteiger partial charge in [0.15, 0.2) is 0 Å². The number of imidazole rings is 1. The molecule has 0 aliphatic rings. The Morgan fingerprint density at radius 1 is 1.03 bits per heavy atom. The molecular formula is C25H20ClN5O3S. The molecule has 10 heteroatoms. The van der Waals surface area contributed by atoms with Crippen molar-refractivity contribution in [2.24, 2.45) is 0 Å². The van der Waals surface area contributed by atoms with E-state index in [1.807, 2.05) is 54.1 Å². The standard InChI is InChI=1S/C25H20ClN5O3S/c1-17-4-2-5-19(12-17)24-28-25(34-29-24)23-15-31(16-27-23)14-18-8-10-21(11-9-18)30-35(32,33)22-7-3-6-20(26)13-22/h2-13,15-16,30H,14H2,1H3. The molecule has 0 aliphatic heterocycles. The zero-order valence-corrected chi connectivity index (χ0v) is 20.2. The SMILES string of the molecule is Cc1cccc(-c2noc(-c3cn(Cc4ccc(NS(=O)(=O)c5cccc(Cl)c5)cc4)cn3)n2)c1. The molecule has 0 amide bonds. The van der Waals surface area contributed by atoms with Crippen LogP contribution in [0, 0.1) is 6.92 Å². The summed E-state index contributed by atoms with van der Waals surface area (Å²) in [6.45, 7) is 2.54. The van der Waals surface area contributed by atoms with Crippen molar-refractivity contribution in [1.82, 2.24) is 19.7 Å². The van der Waals surface area contributed by atoms with Gasteiger partial charge in [-0.1, -0.05) is 58.7 Å². The zero-order valence-electron chi connectivity index (χ0n) is 18.6. The van der Waals surface area contributed by atoms with E-state index in [4.69, 9.17) is 16.1 Å². The molecule has 0 saturated heterocycles. The Hall–Kier alpha value is -3.95. The number of sulfonamides is 1. The van der Waals surface area contributed by atoms with Gasteiger partial charge in [0.2, 0.25) is 5.82 Å². The fraction of sp³-hybridized carbons (Fsp3) is 0.0800. The number of halogens is 1. The Labute approximate surface area is 207 Å². The monoisotopic (exact) mass is 505 g/mol. The largest absolute Gasteiger partial charge is 0.332 e. The molecule has 2 heterocycles. The van der Waals surface area contributed by atoms with Crippen molar-refractivity contribution < 1.29 is 12.9 Å². The molecule has 3 aromatic carbocycles. The number of rotatable bonds is 7. The number of hydrogen-bond donors (Lipinski definition) is 1. The maximum atomic E-state index is 12.6. The Morgan fingerprint density at radius 3 is 2.60 bits per heavy atom. The summed E-state index contributed by atoms with van der Waals surface area (Å²) in [5, 5.41) is 4.42. The van der Waals surface area contributed by atoms with Gasteiger partial charge in [-0.15, -0.1) is 0 Å². The summed E-state index contributed by atoms with van der Waals surface area (Å²) >= 11 is 5.91. The highest BCUT2D eigenvalue weighted by molar-refractivity contribution is 7.92. The van der Waals surface area contributed by atoms with E-state index in [2.05, 4.69) is 19.8 Å². The molecule has 0 unspecified atom stereocenters. The Bertz CT molecular complexity index is 1590. The molecule has 0 fully saturated rings. The Balaban J connectivity index is 1.26. The van der Waals surface area contributed by atoms with Crippen LogP contribution in [0.2, 0.25) is 5.02 Å². The van der Waals surface area contributed by atoms with Gasteiger partial charge in [-0.3, -0.25) is 4.72 Å². The van der Waals surface area contributed by atoms with Crippen LogP contribution in [0.15, 0.2) is 94.7 Å². The number of aromatic nitrogens is 4. The number of nitrogens with zero attached hydrogens (tertiary/aromatic N) is 4. The summed E-state index contributed by atoms with van der Waals surface area (Å²) in [7, 11) is -3.73. The molecule has 0 bridgehead atoms. The summed E-state index contributed by atoms with van der Waals surface area (Å²) in [4.78, 5) is 8.94. The minimum atomic E-state index is -3.73. The Kier molecular flexibility index (Phi) is 6.10. The third kappa shape index (κ3) is 5.26. The van der Waals surface area contributed by atoms with E-state index in [9.17, 15) is 8.42 Å². The number of aryl methyl sites for hydroxylation is 1. The highest BCUT2D eigenvalue weighted by Crippen LogP contribution is 2.23. The van der Waals surface area contributed by atoms with Crippen molar-refractivity contribution in [1.29, 1.82) is 0 Å². The third-order valence-electron chi connectivity index (χ3n) is 5.23. The molecular weight excluding hydrogens is 486 g/mol. The summed E-state index contributed by atoms with van der Waals surface area (Å²) in [5.74, 6) is 0.847. The molecule has 5 aromatic rings. The van der Waals surface area contributed by atoms with Gasteiger partial charge in [0.05, 0.1) is 11.2 Å². The summed E-state index contributed by atoms with van der Waals surface area (Å²) in [5.41, 5.74) is 3.98. The highest BCUT2D eigenvalue weighted by atomic mass is 35.5. The van der Waals surface area contributed by atoms with E-state index in [1.54, 1.807) is 30.6 Å². The third-order valence-corrected chi connectivity index (χ3v) is 6.85. The molecule has 35 heavy (non-hydrogen) atoms. The smallest absolute Gasteiger partial charge is 0.278 e. The molecule has 8 nitrogen and oxygen atoms in total. The second kappa shape index (κ2) is 9.36. The minimum Gasteiger partial charge on any atom is -0.332 e. The topological polar surface area (TPSA) is 103 Å². The summed E-state index contributed by atoms with van der Waals surface area (Å²) < 4.78 is 35.0. The maximum Gasteiger partial charge on any atom is 0.278 e. The molecule has 2 aromatic heterocycles. The lowest BCUT2D eigenvalue weighted by Crippen LogP contribution is -2.12. The van der Waals surface area contributed by atoms with Gasteiger partial charge >= 0.3 is 0 Å². The van der Waals surface area contributed by atoms with Crippen LogP contribution in [0.4, 0.5) is 5.69 Å². The van der Waals surface area contributed by atoms with Crippen molar-refractivity contribution in [2.45, 2.75) is 18.4 Å². The maximum absolute atomic E-state index is 12.6. The summed E-state index contributed by atoms with van der Waals surface area (Å²) in [6, 6.07) is 21.1. The second-order valence-electron chi connectivity index (χ2n) is 7.98. The predicted molar refractivity (Wildman–Crippen MR) is 133 cm³/mol. The lowest BCUT2D eigenvalue weighted by molar-refractivity contribution is 0.431. The van der Waals surface area contributed by atoms with Crippen LogP contribution in [0.3, 0.4) is 0 Å². The van der Waals surface area contributed by atoms with Crippen LogP contribution in [0.5, 0.6) is 0 Å². The molecule has 176 valence electrons. The first kappa shape index (κ1) is 22.8. The van der Waals surface area contributed by atoms with E-state index in [-0.39, 0.29) is 4.90 Å². The lowest BCUT2D eigenvalue weighted by Gasteiger charge is -2.09. The van der Waals surface area contributed by atoms with Gasteiger partial charge in [0.1, 0.15) is 5.69 Å². The molecule has 0 atom stereocenters. The normalized spacial score (nSPS) is 11.5. The average molecular weight is 506 g/mol. The van der Waals surface area contributed by atoms with Crippen LogP contribution in [0.25, 0.3) is 23.0 Å². The average Bonchev–Trinajstić information content (AvgIpc) is 3.50. The van der Waals surface area contributed by atoms with Crippen molar-refractivity contribution in [3.63, 3.8) is 0 Å². The van der Waals surface area contributed by atoms with Crippen molar-refractivity contribution in [3.05, 3.63) is 101 Å². The van der Waals surface area contributed by atoms with E-state index in [0.29, 0.717) is 34.7 Å². The first-order chi connectivity index (χ1) is 16.9. The predicted octanol–water partition coefficient (Wildman–Crippen LogP) is 5.41. The van der Waals surface area contributed by atoms with E-state index in [0.717, 1.165) is 16.7 Å². The highest BCUT2D eigenvalue weighted by Gasteiger charge is 2.15. The van der Waals surface area contributed by atoms with Gasteiger partial charge in [0, 0.05) is 29.0 Å². The number of benzene rings is 3. The quantitative estimate of drug-likeness (QED) is 0.317. The van der Waals surface area contributed by atoms with Crippen molar-refractivity contribution >= 4 is 27.3 Å². The Morgan fingerprint density at radius 2 is 1.83 bits per heavy atom. The van der Waals surface area contributed by atoms with E-state index >= 15 is 0 Å². The van der Waals surface area contributed by atoms with Crippen molar-refractivity contribution in [2.75, 3.05) is 4.72 Å². The fourth-order valence-electron chi connectivity index (χ4n) is 3.52. The minimum absolute atomic E-state index is 0.103. The van der Waals surface area contributed by atoms with Gasteiger partial charge in [-0.05, 0) is 48.9 Å². The van der Waals surface area contributed by atoms with E-state index < -0.39 is 10.0 Å². The van der Waals surface area contributed by atoms with Crippen molar-refractivity contribution in [3.8, 4) is 23.0 Å². The molecule has 0 spiro atoms. The number of hydrogen-bond acceptors (Lipinski definition) is 6. The first-order valence-electron chi connectivity index (χ1n) is 10.7. The lowest BCUT2D eigenvalue weighted by atomic mass is 10.1. The van der Waals surface area contributed by atoms with Gasteiger partial charge < -0.3 is 9.09 Å². The summed E-state index contributed by atoms with van der Waals surface area (Å²) in [6.07, 6.45) is 3.50. The van der Waals surface area contributed by atoms with Crippen LogP contribution < -0.4 is 4.72 Å². The number of anilines is 1. The fourth-order valence-corrected chi connectivity index (χ4v) is 4.88. The van der Waals surface area contributed by atoms with Crippen LogP contribution in [-0.4, -0.2) is 28.1 Å². The van der Waals surface area contributed by atoms with Gasteiger partial charge in [-0.25, -0.2) is 13.4 Å². The molecule has 0 radical (unpaired) electrons. The molecule has 0 saturated carbocycles. The zero-order chi connectivity index (χ0) is 24.4. The van der Waals surface area contributed by atoms with E-state index in [1.165, 1.54) is 12.1 Å². The van der Waals surface area contributed by atoms with Gasteiger partial charge in [0.25, 0.3) is 15.9 Å². The number of nitrogens with one attached hydrogen (secondary N) is 1. The van der Waals surface area contributed by atoms with Crippen LogP contribution in [-0.2, 0) is 16.6 Å². The second-order valence-corrected chi connectivity index (χ2v) is 10.1. The molecule has 0 aliphatic carbocycles. The van der Waals surface area contributed by atoms with Gasteiger partial charge in [-0.2, -0.15) is 4.98 Å².